The lowest BCUT2D eigenvalue weighted by molar-refractivity contribution is -0.115. The number of nitrogens with zero attached hydrogens (tertiary/aromatic N) is 2. The number of amides is 1. The number of aromatic amines is 2. The summed E-state index contributed by atoms with van der Waals surface area (Å²) in [7, 11) is 3.26. The lowest BCUT2D eigenvalue weighted by Gasteiger charge is -2.12. The van der Waals surface area contributed by atoms with Crippen molar-refractivity contribution < 1.29 is 14.3 Å². The third-order valence-corrected chi connectivity index (χ3v) is 7.58. The monoisotopic (exact) mass is 555 g/mol. The molecule has 5 rings (SSSR count). The minimum absolute atomic E-state index is 0.234. The molecule has 1 unspecified atom stereocenters. The van der Waals surface area contributed by atoms with Crippen LogP contribution in [0.15, 0.2) is 94.9 Å². The van der Waals surface area contributed by atoms with E-state index in [1.54, 1.807) is 14.2 Å². The summed E-state index contributed by atoms with van der Waals surface area (Å²) in [5, 5.41) is 5.96. The molecule has 0 aliphatic carbocycles. The second-order valence-electron chi connectivity index (χ2n) is 8.91. The van der Waals surface area contributed by atoms with E-state index in [1.165, 1.54) is 22.5 Å². The van der Waals surface area contributed by atoms with Gasteiger partial charge in [0.2, 0.25) is 5.91 Å². The van der Waals surface area contributed by atoms with Gasteiger partial charge in [0.1, 0.15) is 17.3 Å². The van der Waals surface area contributed by atoms with Crippen molar-refractivity contribution in [2.75, 3.05) is 19.5 Å². The number of benzene rings is 3. The molecule has 0 saturated carbocycles. The average molecular weight is 556 g/mol. The van der Waals surface area contributed by atoms with E-state index in [0.29, 0.717) is 23.1 Å². The van der Waals surface area contributed by atoms with Gasteiger partial charge in [0.05, 0.1) is 36.5 Å². The summed E-state index contributed by atoms with van der Waals surface area (Å²) >= 11 is 1.34. The summed E-state index contributed by atoms with van der Waals surface area (Å²) in [6.45, 7) is 1.94. The quantitative estimate of drug-likeness (QED) is 0.189. The fourth-order valence-electron chi connectivity index (χ4n) is 4.23. The van der Waals surface area contributed by atoms with Gasteiger partial charge in [0, 0.05) is 17.2 Å². The van der Waals surface area contributed by atoms with Crippen molar-refractivity contribution in [3.8, 4) is 39.7 Å². The average Bonchev–Trinajstić information content (AvgIpc) is 3.59. The lowest BCUT2D eigenvalue weighted by atomic mass is 10.0. The summed E-state index contributed by atoms with van der Waals surface area (Å²) in [4.78, 5) is 34.0. The van der Waals surface area contributed by atoms with Crippen molar-refractivity contribution in [3.63, 3.8) is 0 Å². The van der Waals surface area contributed by atoms with E-state index in [4.69, 9.17) is 14.5 Å². The highest BCUT2D eigenvalue weighted by molar-refractivity contribution is 8.00. The number of carbonyl (C=O) groups is 1. The normalized spacial score (nSPS) is 11.7. The number of aromatic nitrogens is 4. The smallest absolute Gasteiger partial charge is 0.273 e. The number of ether oxygens (including phenoxy) is 2. The van der Waals surface area contributed by atoms with Crippen molar-refractivity contribution >= 4 is 23.5 Å². The minimum Gasteiger partial charge on any atom is -0.497 e. The number of imidazole rings is 1. The van der Waals surface area contributed by atoms with Crippen molar-refractivity contribution in [3.05, 3.63) is 95.3 Å². The zero-order chi connectivity index (χ0) is 28.1. The Morgan fingerprint density at radius 3 is 2.17 bits per heavy atom. The van der Waals surface area contributed by atoms with E-state index >= 15 is 0 Å². The summed E-state index contributed by atoms with van der Waals surface area (Å²) in [5.74, 6) is 1.60. The standard InChI is InChI=1S/C30H29N5O4S/c1-4-24(29(37)31-25-18-26(36)35(34-25)21-8-6-5-7-9-21)40-30-32-27(19-10-14-22(38-2)15-11-19)28(33-30)20-12-16-23(39-3)17-13-20/h5-18,24,34H,4H2,1-3H3,(H,31,37)(H,32,33). The van der Waals surface area contributed by atoms with Crippen LogP contribution in [-0.4, -0.2) is 45.1 Å². The van der Waals surface area contributed by atoms with Crippen molar-refractivity contribution in [1.29, 1.82) is 0 Å². The molecule has 0 radical (unpaired) electrons. The maximum atomic E-state index is 13.2. The second-order valence-corrected chi connectivity index (χ2v) is 10.1. The molecule has 0 spiro atoms. The molecule has 3 aromatic carbocycles. The second kappa shape index (κ2) is 12.0. The first kappa shape index (κ1) is 26.9. The Bertz CT molecular complexity index is 1580. The highest BCUT2D eigenvalue weighted by Gasteiger charge is 2.23. The van der Waals surface area contributed by atoms with Crippen LogP contribution in [0.3, 0.4) is 0 Å². The van der Waals surface area contributed by atoms with Gasteiger partial charge in [-0.15, -0.1) is 0 Å². The molecule has 3 N–H and O–H groups in total. The number of H-pyrrole nitrogens is 2. The maximum absolute atomic E-state index is 13.2. The molecule has 0 aliphatic rings. The van der Waals surface area contributed by atoms with E-state index in [2.05, 4.69) is 15.4 Å². The molecule has 2 aromatic heterocycles. The predicted molar refractivity (Wildman–Crippen MR) is 158 cm³/mol. The van der Waals surface area contributed by atoms with Crippen LogP contribution in [0.25, 0.3) is 28.2 Å². The molecule has 204 valence electrons. The van der Waals surface area contributed by atoms with E-state index in [1.807, 2.05) is 85.8 Å². The van der Waals surface area contributed by atoms with Crippen LogP contribution in [0.1, 0.15) is 13.3 Å². The lowest BCUT2D eigenvalue weighted by Crippen LogP contribution is -2.25. The first-order valence-corrected chi connectivity index (χ1v) is 13.6. The van der Waals surface area contributed by atoms with E-state index in [0.717, 1.165) is 34.0 Å². The van der Waals surface area contributed by atoms with Crippen LogP contribution in [-0.2, 0) is 4.79 Å². The van der Waals surface area contributed by atoms with E-state index in [-0.39, 0.29) is 11.5 Å². The number of thioether (sulfide) groups is 1. The van der Waals surface area contributed by atoms with Crippen molar-refractivity contribution in [2.45, 2.75) is 23.8 Å². The van der Waals surface area contributed by atoms with Gasteiger partial charge in [0.25, 0.3) is 5.56 Å². The van der Waals surface area contributed by atoms with Gasteiger partial charge in [-0.25, -0.2) is 9.67 Å². The number of rotatable bonds is 10. The molecule has 0 bridgehead atoms. The van der Waals surface area contributed by atoms with E-state index in [9.17, 15) is 9.59 Å². The fraction of sp³-hybridized carbons (Fsp3) is 0.167. The number of methoxy groups -OCH3 is 2. The Balaban J connectivity index is 1.40. The Morgan fingerprint density at radius 2 is 1.57 bits per heavy atom. The molecule has 0 fully saturated rings. The Hall–Kier alpha value is -4.70. The maximum Gasteiger partial charge on any atom is 0.273 e. The Morgan fingerprint density at radius 1 is 0.950 bits per heavy atom. The predicted octanol–water partition coefficient (Wildman–Crippen LogP) is 5.75. The fourth-order valence-corrected chi connectivity index (χ4v) is 5.14. The van der Waals surface area contributed by atoms with Crippen LogP contribution in [0, 0.1) is 0 Å². The van der Waals surface area contributed by atoms with Gasteiger partial charge in [-0.05, 0) is 67.1 Å². The third kappa shape index (κ3) is 5.81. The van der Waals surface area contributed by atoms with Gasteiger partial charge >= 0.3 is 0 Å². The van der Waals surface area contributed by atoms with Gasteiger partial charge in [-0.1, -0.05) is 36.9 Å². The molecule has 5 aromatic rings. The molecule has 9 nitrogen and oxygen atoms in total. The zero-order valence-corrected chi connectivity index (χ0v) is 23.1. The van der Waals surface area contributed by atoms with Crippen LogP contribution in [0.4, 0.5) is 5.82 Å². The molecule has 1 amide bonds. The van der Waals surface area contributed by atoms with Crippen LogP contribution < -0.4 is 20.3 Å². The summed E-state index contributed by atoms with van der Waals surface area (Å²) in [5.41, 5.74) is 3.85. The molecule has 0 saturated heterocycles. The summed E-state index contributed by atoms with van der Waals surface area (Å²) in [6, 6.07) is 26.0. The van der Waals surface area contributed by atoms with Gasteiger partial charge in [-0.3, -0.25) is 14.7 Å². The number of nitrogens with one attached hydrogen (secondary N) is 3. The van der Waals surface area contributed by atoms with Crippen molar-refractivity contribution in [2.24, 2.45) is 0 Å². The first-order chi connectivity index (χ1) is 19.5. The minimum atomic E-state index is -0.456. The Labute approximate surface area is 235 Å². The SMILES string of the molecule is CCC(Sc1nc(-c2ccc(OC)cc2)c(-c2ccc(OC)cc2)[nH]1)C(=O)Nc1cc(=O)n(-c2ccccc2)[nH]1. The molecule has 1 atom stereocenters. The number of hydrogen-bond acceptors (Lipinski definition) is 6. The number of anilines is 1. The van der Waals surface area contributed by atoms with Gasteiger partial charge in [0.15, 0.2) is 5.16 Å². The highest BCUT2D eigenvalue weighted by Crippen LogP contribution is 2.35. The summed E-state index contributed by atoms with van der Waals surface area (Å²) < 4.78 is 12.0. The van der Waals surface area contributed by atoms with E-state index < -0.39 is 5.25 Å². The molecular formula is C30H29N5O4S. The number of hydrogen-bond donors (Lipinski definition) is 3. The largest absolute Gasteiger partial charge is 0.497 e. The van der Waals surface area contributed by atoms with Crippen LogP contribution >= 0.6 is 11.8 Å². The molecule has 2 heterocycles. The Kier molecular flexibility index (Phi) is 8.07. The molecular weight excluding hydrogens is 526 g/mol. The molecule has 0 aliphatic heterocycles. The highest BCUT2D eigenvalue weighted by atomic mass is 32.2. The summed E-state index contributed by atoms with van der Waals surface area (Å²) in [6.07, 6.45) is 0.552. The third-order valence-electron chi connectivity index (χ3n) is 6.33. The zero-order valence-electron chi connectivity index (χ0n) is 22.3. The van der Waals surface area contributed by atoms with Crippen molar-refractivity contribution in [1.82, 2.24) is 19.7 Å². The topological polar surface area (TPSA) is 114 Å². The number of carbonyl (C=O) groups excluding carboxylic acids is 1. The first-order valence-electron chi connectivity index (χ1n) is 12.7. The molecule has 40 heavy (non-hydrogen) atoms. The number of para-hydroxylation sites is 1. The molecule has 10 heteroatoms. The van der Waals surface area contributed by atoms with Crippen LogP contribution in [0.5, 0.6) is 11.5 Å². The van der Waals surface area contributed by atoms with Gasteiger partial charge in [-0.2, -0.15) is 0 Å². The van der Waals surface area contributed by atoms with Crippen LogP contribution in [0.2, 0.25) is 0 Å². The van der Waals surface area contributed by atoms with Gasteiger partial charge < -0.3 is 19.8 Å².